The fourth-order valence-corrected chi connectivity index (χ4v) is 3.88. The quantitative estimate of drug-likeness (QED) is 0.630. The number of nitrogens with zero attached hydrogens (tertiary/aromatic N) is 4. The largest absolute Gasteiger partial charge is 0.494 e. The highest BCUT2D eigenvalue weighted by molar-refractivity contribution is 5.98. The van der Waals surface area contributed by atoms with Crippen LogP contribution >= 0.6 is 0 Å². The molecule has 160 valence electrons. The second-order valence-corrected chi connectivity index (χ2v) is 7.45. The third kappa shape index (κ3) is 4.05. The Morgan fingerprint density at radius 3 is 2.55 bits per heavy atom. The van der Waals surface area contributed by atoms with Crippen LogP contribution < -0.4 is 4.74 Å². The molecule has 0 aliphatic carbocycles. The maximum absolute atomic E-state index is 13.9. The summed E-state index contributed by atoms with van der Waals surface area (Å²) in [5, 5.41) is 9.68. The van der Waals surface area contributed by atoms with Crippen molar-refractivity contribution in [2.24, 2.45) is 0 Å². The Morgan fingerprint density at radius 1 is 1.23 bits per heavy atom. The molecule has 7 nitrogen and oxygen atoms in total. The molecule has 0 bridgehead atoms. The number of methoxy groups -OCH3 is 1. The summed E-state index contributed by atoms with van der Waals surface area (Å²) in [5.41, 5.74) is 1.42. The molecular weight excluding hydrogens is 399 g/mol. The zero-order chi connectivity index (χ0) is 22.0. The van der Waals surface area contributed by atoms with Gasteiger partial charge in [-0.2, -0.15) is 5.26 Å². The Kier molecular flexibility index (Phi) is 5.78. The monoisotopic (exact) mass is 422 g/mol. The average molecular weight is 422 g/mol. The predicted molar refractivity (Wildman–Crippen MR) is 112 cm³/mol. The number of hydrogen-bond donors (Lipinski definition) is 0. The van der Waals surface area contributed by atoms with Crippen molar-refractivity contribution in [3.05, 3.63) is 71.0 Å². The Balaban J connectivity index is 1.44. The summed E-state index contributed by atoms with van der Waals surface area (Å²) in [7, 11) is 1.44. The lowest BCUT2D eigenvalue weighted by Gasteiger charge is -2.34. The Bertz CT molecular complexity index is 1120. The number of piperazine rings is 1. The van der Waals surface area contributed by atoms with Gasteiger partial charge in [0.2, 0.25) is 5.88 Å². The number of nitriles is 1. The summed E-state index contributed by atoms with van der Waals surface area (Å²) in [4.78, 5) is 17.1. The third-order valence-corrected chi connectivity index (χ3v) is 5.51. The number of hydrogen-bond acceptors (Lipinski definition) is 5. The van der Waals surface area contributed by atoms with Gasteiger partial charge in [0.05, 0.1) is 7.11 Å². The second kappa shape index (κ2) is 8.66. The van der Waals surface area contributed by atoms with E-state index in [-0.39, 0.29) is 23.0 Å². The maximum atomic E-state index is 13.9. The van der Waals surface area contributed by atoms with E-state index < -0.39 is 0 Å². The Hall–Kier alpha value is -3.57. The summed E-state index contributed by atoms with van der Waals surface area (Å²) >= 11 is 0. The van der Waals surface area contributed by atoms with Gasteiger partial charge >= 0.3 is 0 Å². The second-order valence-electron chi connectivity index (χ2n) is 7.45. The van der Waals surface area contributed by atoms with E-state index in [0.29, 0.717) is 49.9 Å². The molecule has 1 fully saturated rings. The summed E-state index contributed by atoms with van der Waals surface area (Å²) in [5.74, 6) is 0.426. The van der Waals surface area contributed by atoms with Gasteiger partial charge in [-0.05, 0) is 36.8 Å². The van der Waals surface area contributed by atoms with E-state index in [1.54, 1.807) is 34.9 Å². The van der Waals surface area contributed by atoms with E-state index in [1.165, 1.54) is 13.2 Å². The molecule has 31 heavy (non-hydrogen) atoms. The lowest BCUT2D eigenvalue weighted by atomic mass is 10.1. The number of halogens is 1. The molecule has 1 saturated heterocycles. The normalized spacial score (nSPS) is 14.5. The summed E-state index contributed by atoms with van der Waals surface area (Å²) < 4.78 is 26.4. The molecule has 3 heterocycles. The van der Waals surface area contributed by atoms with Crippen LogP contribution in [0.3, 0.4) is 0 Å². The topological polar surface area (TPSA) is 74.6 Å². The highest BCUT2D eigenvalue weighted by Crippen LogP contribution is 2.27. The number of aromatic nitrogens is 1. The van der Waals surface area contributed by atoms with Crippen LogP contribution in [0.15, 0.2) is 47.1 Å². The number of carbonyl (C=O) groups excluding carboxylic acids is 1. The van der Waals surface area contributed by atoms with Gasteiger partial charge in [-0.15, -0.1) is 0 Å². The highest BCUT2D eigenvalue weighted by atomic mass is 19.1. The number of rotatable bonds is 5. The van der Waals surface area contributed by atoms with Crippen LogP contribution in [0.4, 0.5) is 4.39 Å². The summed E-state index contributed by atoms with van der Waals surface area (Å²) in [6, 6.07) is 10.7. The van der Waals surface area contributed by atoms with E-state index in [2.05, 4.69) is 11.0 Å². The molecule has 0 spiro atoms. The van der Waals surface area contributed by atoms with Crippen LogP contribution in [-0.2, 0) is 6.54 Å². The minimum Gasteiger partial charge on any atom is -0.494 e. The molecule has 0 unspecified atom stereocenters. The molecule has 0 radical (unpaired) electrons. The summed E-state index contributed by atoms with van der Waals surface area (Å²) in [6.07, 6.45) is 3.54. The number of furan rings is 1. The molecule has 8 heteroatoms. The zero-order valence-corrected chi connectivity index (χ0v) is 17.5. The average Bonchev–Trinajstić information content (AvgIpc) is 3.41. The van der Waals surface area contributed by atoms with Crippen LogP contribution in [0.1, 0.15) is 27.2 Å². The van der Waals surface area contributed by atoms with Crippen LogP contribution in [-0.4, -0.2) is 53.6 Å². The highest BCUT2D eigenvalue weighted by Gasteiger charge is 2.30. The molecule has 0 N–H and O–H groups in total. The van der Waals surface area contributed by atoms with Crippen molar-refractivity contribution in [1.82, 2.24) is 14.4 Å². The molecule has 0 saturated carbocycles. The van der Waals surface area contributed by atoms with Gasteiger partial charge in [0.25, 0.3) is 5.91 Å². The first-order valence-corrected chi connectivity index (χ1v) is 10.0. The van der Waals surface area contributed by atoms with Gasteiger partial charge in [-0.25, -0.2) is 4.39 Å². The smallest absolute Gasteiger partial charge is 0.258 e. The molecule has 3 aromatic rings. The number of amides is 1. The van der Waals surface area contributed by atoms with Crippen molar-refractivity contribution >= 4 is 5.91 Å². The Morgan fingerprint density at radius 2 is 1.94 bits per heavy atom. The van der Waals surface area contributed by atoms with Gasteiger partial charge in [-0.1, -0.05) is 6.07 Å². The van der Waals surface area contributed by atoms with Gasteiger partial charge in [0.15, 0.2) is 11.6 Å². The number of ether oxygens (including phenoxy) is 1. The standard InChI is InChI=1S/C23H23FN4O3/c1-16-21(18(14-25)23(31-16)28-7-3-4-8-28)22(29)27-11-9-26(10-12-27)15-17-5-6-20(30-2)19(24)13-17/h3-8,13H,9-12,15H2,1-2H3. The number of aryl methyl sites for hydroxylation is 1. The van der Waals surface area contributed by atoms with Crippen LogP contribution in [0.2, 0.25) is 0 Å². The van der Waals surface area contributed by atoms with E-state index in [4.69, 9.17) is 9.15 Å². The van der Waals surface area contributed by atoms with Crippen molar-refractivity contribution in [1.29, 1.82) is 5.26 Å². The van der Waals surface area contributed by atoms with Crippen LogP contribution in [0.25, 0.3) is 5.88 Å². The summed E-state index contributed by atoms with van der Waals surface area (Å²) in [6.45, 7) is 4.65. The van der Waals surface area contributed by atoms with E-state index >= 15 is 0 Å². The molecule has 1 aliphatic heterocycles. The molecule has 0 atom stereocenters. The van der Waals surface area contributed by atoms with Crippen molar-refractivity contribution in [2.75, 3.05) is 33.3 Å². The predicted octanol–water partition coefficient (Wildman–Crippen LogP) is 3.36. The minimum atomic E-state index is -0.383. The SMILES string of the molecule is COc1ccc(CN2CCN(C(=O)c3c(C)oc(-n4cccc4)c3C#N)CC2)cc1F. The first-order chi connectivity index (χ1) is 15.0. The van der Waals surface area contributed by atoms with Crippen molar-refractivity contribution < 1.29 is 18.3 Å². The molecular formula is C23H23FN4O3. The van der Waals surface area contributed by atoms with Crippen LogP contribution in [0.5, 0.6) is 5.75 Å². The number of benzene rings is 1. The van der Waals surface area contributed by atoms with Gasteiger partial charge in [-0.3, -0.25) is 14.3 Å². The molecule has 2 aromatic heterocycles. The maximum Gasteiger partial charge on any atom is 0.258 e. The number of carbonyl (C=O) groups is 1. The van der Waals surface area contributed by atoms with E-state index in [1.807, 2.05) is 18.2 Å². The van der Waals surface area contributed by atoms with E-state index in [9.17, 15) is 14.4 Å². The van der Waals surface area contributed by atoms with Crippen LogP contribution in [0, 0.1) is 24.1 Å². The molecule has 1 aliphatic rings. The lowest BCUT2D eigenvalue weighted by molar-refractivity contribution is 0.0626. The van der Waals surface area contributed by atoms with E-state index in [0.717, 1.165) is 5.56 Å². The van der Waals surface area contributed by atoms with Gasteiger partial charge in [0.1, 0.15) is 23.0 Å². The molecule has 1 aromatic carbocycles. The first kappa shape index (κ1) is 20.7. The fourth-order valence-electron chi connectivity index (χ4n) is 3.88. The third-order valence-electron chi connectivity index (χ3n) is 5.51. The first-order valence-electron chi connectivity index (χ1n) is 10.0. The van der Waals surface area contributed by atoms with Crippen molar-refractivity contribution in [2.45, 2.75) is 13.5 Å². The molecule has 1 amide bonds. The minimum absolute atomic E-state index is 0.202. The van der Waals surface area contributed by atoms with Crippen molar-refractivity contribution in [3.8, 4) is 17.7 Å². The molecule has 4 rings (SSSR count). The fraction of sp³-hybridized carbons (Fsp3) is 0.304. The van der Waals surface area contributed by atoms with Gasteiger partial charge < -0.3 is 14.1 Å². The lowest BCUT2D eigenvalue weighted by Crippen LogP contribution is -2.48. The van der Waals surface area contributed by atoms with Crippen molar-refractivity contribution in [3.63, 3.8) is 0 Å². The zero-order valence-electron chi connectivity index (χ0n) is 17.5. The Labute approximate surface area is 179 Å². The van der Waals surface area contributed by atoms with Gasteiger partial charge in [0, 0.05) is 45.1 Å².